The second-order valence-corrected chi connectivity index (χ2v) is 13.5. The van der Waals surface area contributed by atoms with Gasteiger partial charge in [-0.15, -0.1) is 0 Å². The van der Waals surface area contributed by atoms with Crippen LogP contribution in [0.2, 0.25) is 0 Å². The van der Waals surface area contributed by atoms with Crippen molar-refractivity contribution in [2.45, 2.75) is 0 Å². The van der Waals surface area contributed by atoms with E-state index in [2.05, 4.69) is 157 Å². The summed E-state index contributed by atoms with van der Waals surface area (Å²) < 4.78 is 6.63. The minimum absolute atomic E-state index is 0.524. The van der Waals surface area contributed by atoms with E-state index in [0.29, 0.717) is 23.1 Å². The van der Waals surface area contributed by atoms with Gasteiger partial charge in [-0.2, -0.15) is 0 Å². The van der Waals surface area contributed by atoms with E-state index in [1.165, 1.54) is 5.56 Å². The van der Waals surface area contributed by atoms with Crippen molar-refractivity contribution in [1.82, 2.24) is 19.9 Å². The normalized spacial score (nSPS) is 11.3. The van der Waals surface area contributed by atoms with Crippen LogP contribution in [0.4, 0.5) is 0 Å². The van der Waals surface area contributed by atoms with Crippen molar-refractivity contribution in [3.8, 4) is 78.7 Å². The van der Waals surface area contributed by atoms with Crippen molar-refractivity contribution in [1.29, 1.82) is 0 Å². The number of nitrogens with zero attached hydrogens (tertiary/aromatic N) is 4. The van der Waals surface area contributed by atoms with Gasteiger partial charge in [0.1, 0.15) is 5.58 Å². The van der Waals surface area contributed by atoms with E-state index >= 15 is 0 Å². The molecule has 10 rings (SSSR count). The van der Waals surface area contributed by atoms with Crippen molar-refractivity contribution in [2.75, 3.05) is 0 Å². The van der Waals surface area contributed by atoms with Gasteiger partial charge >= 0.3 is 0 Å². The molecule has 0 amide bonds. The lowest BCUT2D eigenvalue weighted by atomic mass is 9.98. The second-order valence-electron chi connectivity index (χ2n) is 13.5. The smallest absolute Gasteiger partial charge is 0.166 e. The number of hydrogen-bond acceptors (Lipinski definition) is 5. The molecule has 0 N–H and O–H groups in total. The summed E-state index contributed by atoms with van der Waals surface area (Å²) in [4.78, 5) is 20.0. The predicted octanol–water partition coefficient (Wildman–Crippen LogP) is 12.8. The third kappa shape index (κ3) is 6.14. The molecule has 5 nitrogen and oxygen atoms in total. The number of para-hydroxylation sites is 1. The largest absolute Gasteiger partial charge is 0.454 e. The van der Waals surface area contributed by atoms with Crippen LogP contribution in [0.25, 0.3) is 101 Å². The Morgan fingerprint density at radius 1 is 0.327 bits per heavy atom. The Hall–Kier alpha value is -7.50. The van der Waals surface area contributed by atoms with Gasteiger partial charge in [0.15, 0.2) is 23.1 Å². The number of pyridine rings is 1. The topological polar surface area (TPSA) is 64.7 Å². The summed E-state index contributed by atoms with van der Waals surface area (Å²) in [5.74, 6) is 1.68. The Morgan fingerprint density at radius 3 is 1.44 bits per heavy atom. The molecule has 0 fully saturated rings. The second kappa shape index (κ2) is 13.8. The molecule has 0 saturated heterocycles. The molecule has 7 aromatic carbocycles. The minimum atomic E-state index is 0.524. The van der Waals surface area contributed by atoms with E-state index in [-0.39, 0.29) is 0 Å². The maximum atomic E-state index is 6.63. The van der Waals surface area contributed by atoms with Crippen LogP contribution in [0, 0.1) is 0 Å². The predicted molar refractivity (Wildman–Crippen MR) is 223 cm³/mol. The number of benzene rings is 7. The fourth-order valence-corrected chi connectivity index (χ4v) is 7.29. The Balaban J connectivity index is 1.12. The highest BCUT2D eigenvalue weighted by Gasteiger charge is 2.20. The Labute approximate surface area is 318 Å². The molecule has 0 aliphatic rings. The van der Waals surface area contributed by atoms with Crippen molar-refractivity contribution < 1.29 is 4.42 Å². The standard InChI is InChI=1S/C50H32N4O/c1-4-12-33(13-5-1)36-22-26-38(27-23-36)42-20-11-21-43-46-44(31-51-32-45(46)55-47(42)43)50-53-48(39-28-24-37(25-29-39)34-14-6-2-7-15-34)52-49(54-50)41-19-10-18-40(30-41)35-16-8-3-9-17-35/h1-32H. The summed E-state index contributed by atoms with van der Waals surface area (Å²) in [5, 5.41) is 1.88. The molecule has 3 aromatic heterocycles. The first-order valence-electron chi connectivity index (χ1n) is 18.3. The van der Waals surface area contributed by atoms with Crippen molar-refractivity contribution in [3.05, 3.63) is 194 Å². The first-order valence-corrected chi connectivity index (χ1v) is 18.3. The average Bonchev–Trinajstić information content (AvgIpc) is 3.67. The number of rotatable bonds is 7. The maximum Gasteiger partial charge on any atom is 0.166 e. The van der Waals surface area contributed by atoms with Gasteiger partial charge in [0.05, 0.1) is 6.20 Å². The zero-order chi connectivity index (χ0) is 36.6. The van der Waals surface area contributed by atoms with Crippen LogP contribution in [0.15, 0.2) is 199 Å². The first-order chi connectivity index (χ1) is 27.2. The van der Waals surface area contributed by atoms with Crippen LogP contribution >= 0.6 is 0 Å². The highest BCUT2D eigenvalue weighted by molar-refractivity contribution is 6.14. The van der Waals surface area contributed by atoms with Gasteiger partial charge in [0.25, 0.3) is 0 Å². The Morgan fingerprint density at radius 2 is 0.800 bits per heavy atom. The van der Waals surface area contributed by atoms with Crippen LogP contribution in [-0.2, 0) is 0 Å². The summed E-state index contributed by atoms with van der Waals surface area (Å²) in [6.45, 7) is 0. The molecular formula is C50H32N4O. The lowest BCUT2D eigenvalue weighted by Gasteiger charge is -2.11. The quantitative estimate of drug-likeness (QED) is 0.165. The van der Waals surface area contributed by atoms with Crippen LogP contribution in [0.1, 0.15) is 0 Å². The fraction of sp³-hybridized carbons (Fsp3) is 0. The number of furan rings is 1. The highest BCUT2D eigenvalue weighted by atomic mass is 16.3. The van der Waals surface area contributed by atoms with Crippen LogP contribution < -0.4 is 0 Å². The van der Waals surface area contributed by atoms with Gasteiger partial charge in [-0.05, 0) is 45.0 Å². The molecule has 258 valence electrons. The molecule has 0 saturated carbocycles. The van der Waals surface area contributed by atoms with Gasteiger partial charge < -0.3 is 4.42 Å². The Kier molecular flexibility index (Phi) is 8.08. The molecule has 0 unspecified atom stereocenters. The zero-order valence-electron chi connectivity index (χ0n) is 29.7. The zero-order valence-corrected chi connectivity index (χ0v) is 29.7. The summed E-state index contributed by atoms with van der Waals surface area (Å²) in [5.41, 5.74) is 12.9. The summed E-state index contributed by atoms with van der Waals surface area (Å²) in [7, 11) is 0. The van der Waals surface area contributed by atoms with E-state index in [1.54, 1.807) is 6.20 Å². The van der Waals surface area contributed by atoms with Crippen LogP contribution in [-0.4, -0.2) is 19.9 Å². The molecule has 55 heavy (non-hydrogen) atoms. The average molecular weight is 705 g/mol. The lowest BCUT2D eigenvalue weighted by Crippen LogP contribution is -2.01. The molecule has 0 bridgehead atoms. The van der Waals surface area contributed by atoms with Crippen LogP contribution in [0.3, 0.4) is 0 Å². The van der Waals surface area contributed by atoms with Gasteiger partial charge in [-0.3, -0.25) is 4.98 Å². The number of hydrogen-bond donors (Lipinski definition) is 0. The molecule has 0 radical (unpaired) electrons. The summed E-state index contributed by atoms with van der Waals surface area (Å²) >= 11 is 0. The number of aromatic nitrogens is 4. The fourth-order valence-electron chi connectivity index (χ4n) is 7.29. The van der Waals surface area contributed by atoms with E-state index in [0.717, 1.165) is 72.0 Å². The van der Waals surface area contributed by atoms with Crippen molar-refractivity contribution >= 4 is 21.9 Å². The number of fused-ring (bicyclic) bond motifs is 3. The van der Waals surface area contributed by atoms with Crippen molar-refractivity contribution in [3.63, 3.8) is 0 Å². The first kappa shape index (κ1) is 32.2. The lowest BCUT2D eigenvalue weighted by molar-refractivity contribution is 0.668. The monoisotopic (exact) mass is 704 g/mol. The molecule has 5 heteroatoms. The van der Waals surface area contributed by atoms with E-state index < -0.39 is 0 Å². The van der Waals surface area contributed by atoms with Crippen LogP contribution in [0.5, 0.6) is 0 Å². The molecule has 0 aliphatic carbocycles. The molecular weight excluding hydrogens is 673 g/mol. The van der Waals surface area contributed by atoms with Gasteiger partial charge in [-0.25, -0.2) is 15.0 Å². The van der Waals surface area contributed by atoms with E-state index in [4.69, 9.17) is 19.4 Å². The third-order valence-electron chi connectivity index (χ3n) is 10.1. The summed E-state index contributed by atoms with van der Waals surface area (Å²) in [6.07, 6.45) is 3.61. The van der Waals surface area contributed by atoms with Crippen molar-refractivity contribution in [2.24, 2.45) is 0 Å². The van der Waals surface area contributed by atoms with E-state index in [1.807, 2.05) is 36.5 Å². The summed E-state index contributed by atoms with van der Waals surface area (Å²) in [6, 6.07) is 62.8. The minimum Gasteiger partial charge on any atom is -0.454 e. The van der Waals surface area contributed by atoms with Gasteiger partial charge in [-0.1, -0.05) is 176 Å². The SMILES string of the molecule is c1ccc(-c2ccc(-c3nc(-c4cccc(-c5ccccc5)c4)nc(-c4cncc5oc6c(-c7ccc(-c8ccccc8)cc7)cccc6c45)n3)cc2)cc1. The molecule has 0 aliphatic heterocycles. The third-order valence-corrected chi connectivity index (χ3v) is 10.1. The molecule has 0 spiro atoms. The van der Waals surface area contributed by atoms with Gasteiger partial charge in [0, 0.05) is 39.2 Å². The van der Waals surface area contributed by atoms with E-state index in [9.17, 15) is 0 Å². The molecule has 0 atom stereocenters. The Bertz CT molecular complexity index is 2940. The maximum absolute atomic E-state index is 6.63. The highest BCUT2D eigenvalue weighted by Crippen LogP contribution is 2.40. The molecule has 10 aromatic rings. The van der Waals surface area contributed by atoms with Gasteiger partial charge in [0.2, 0.25) is 0 Å². The molecule has 3 heterocycles.